The van der Waals surface area contributed by atoms with E-state index in [1.807, 2.05) is 6.07 Å². The maximum atomic E-state index is 14.5. The molecular weight excluding hydrogens is 355 g/mol. The van der Waals surface area contributed by atoms with E-state index in [2.05, 4.69) is 5.32 Å². The number of halogens is 3. The van der Waals surface area contributed by atoms with Crippen molar-refractivity contribution in [1.29, 1.82) is 0 Å². The first-order valence-electron chi connectivity index (χ1n) is 9.57. The van der Waals surface area contributed by atoms with E-state index in [9.17, 15) is 18.0 Å². The van der Waals surface area contributed by atoms with Gasteiger partial charge in [0, 0.05) is 12.6 Å². The molecule has 4 atom stereocenters. The third kappa shape index (κ3) is 3.36. The van der Waals surface area contributed by atoms with Crippen molar-refractivity contribution in [2.24, 2.45) is 23.5 Å². The Labute approximate surface area is 158 Å². The van der Waals surface area contributed by atoms with Crippen molar-refractivity contribution < 1.29 is 18.0 Å². The van der Waals surface area contributed by atoms with Gasteiger partial charge in [0.25, 0.3) is 0 Å². The summed E-state index contributed by atoms with van der Waals surface area (Å²) in [5, 5.41) is 3.30. The molecule has 1 aliphatic carbocycles. The van der Waals surface area contributed by atoms with Gasteiger partial charge in [0.2, 0.25) is 5.91 Å². The number of nitrogens with zero attached hydrogens (tertiary/aromatic N) is 1. The Balaban J connectivity index is 2.10. The maximum Gasteiger partial charge on any atom is 0.416 e. The van der Waals surface area contributed by atoms with Gasteiger partial charge in [-0.2, -0.15) is 13.2 Å². The molecule has 4 nitrogen and oxygen atoms in total. The summed E-state index contributed by atoms with van der Waals surface area (Å²) in [5.74, 6) is -1.84. The van der Waals surface area contributed by atoms with Crippen molar-refractivity contribution in [3.63, 3.8) is 0 Å². The number of nitrogens with two attached hydrogens (primary N) is 1. The van der Waals surface area contributed by atoms with E-state index in [0.717, 1.165) is 18.5 Å². The Morgan fingerprint density at radius 3 is 2.44 bits per heavy atom. The number of alkyl halides is 3. The Hall–Kier alpha value is -1.60. The monoisotopic (exact) mass is 383 g/mol. The number of nitrogens with one attached hydrogen (secondary N) is 1. The number of hydrogen-bond donors (Lipinski definition) is 2. The van der Waals surface area contributed by atoms with E-state index < -0.39 is 23.5 Å². The first-order valence-corrected chi connectivity index (χ1v) is 9.57. The molecule has 0 spiro atoms. The average molecular weight is 383 g/mol. The highest BCUT2D eigenvalue weighted by molar-refractivity contribution is 5.86. The number of carbonyl (C=O) groups excluding carboxylic acids is 1. The Bertz CT molecular complexity index is 664. The molecule has 3 unspecified atom stereocenters. The summed E-state index contributed by atoms with van der Waals surface area (Å²) >= 11 is 0. The zero-order valence-corrected chi connectivity index (χ0v) is 15.8. The number of benzene rings is 1. The van der Waals surface area contributed by atoms with Crippen molar-refractivity contribution in [2.45, 2.75) is 51.0 Å². The van der Waals surface area contributed by atoms with Crippen molar-refractivity contribution in [3.05, 3.63) is 35.9 Å². The molecule has 1 amide bonds. The lowest BCUT2D eigenvalue weighted by atomic mass is 9.79. The van der Waals surface area contributed by atoms with Gasteiger partial charge in [-0.15, -0.1) is 0 Å². The number of amides is 1. The van der Waals surface area contributed by atoms with Gasteiger partial charge in [-0.05, 0) is 49.2 Å². The van der Waals surface area contributed by atoms with Gasteiger partial charge in [0.15, 0.2) is 5.54 Å². The molecule has 2 fully saturated rings. The number of carbonyl (C=O) groups is 1. The molecule has 27 heavy (non-hydrogen) atoms. The first kappa shape index (κ1) is 20.1. The van der Waals surface area contributed by atoms with Crippen LogP contribution in [0.1, 0.15) is 32.3 Å². The summed E-state index contributed by atoms with van der Waals surface area (Å²) in [6, 6.07) is 8.70. The van der Waals surface area contributed by atoms with Crippen LogP contribution in [0, 0.1) is 17.8 Å². The van der Waals surface area contributed by atoms with E-state index in [4.69, 9.17) is 5.73 Å². The normalized spacial score (nSPS) is 27.7. The molecular formula is C20H28F3N3O. The Morgan fingerprint density at radius 1 is 1.22 bits per heavy atom. The SMILES string of the molecule is CC(C)[C@@](C(N)=O)(N(Cc1ccccc1)C1CCC2CNCC21)C(F)(F)F. The summed E-state index contributed by atoms with van der Waals surface area (Å²) in [7, 11) is 0. The van der Waals surface area contributed by atoms with Gasteiger partial charge in [-0.25, -0.2) is 0 Å². The zero-order valence-electron chi connectivity index (χ0n) is 15.8. The van der Waals surface area contributed by atoms with Crippen LogP contribution >= 0.6 is 0 Å². The molecule has 150 valence electrons. The predicted octanol–water partition coefficient (Wildman–Crippen LogP) is 2.93. The predicted molar refractivity (Wildman–Crippen MR) is 97.7 cm³/mol. The number of primary amides is 1. The topological polar surface area (TPSA) is 58.4 Å². The highest BCUT2D eigenvalue weighted by Gasteiger charge is 2.67. The number of rotatable bonds is 6. The zero-order chi connectivity index (χ0) is 19.8. The second-order valence-corrected chi connectivity index (χ2v) is 8.12. The summed E-state index contributed by atoms with van der Waals surface area (Å²) in [5.41, 5.74) is 3.56. The van der Waals surface area contributed by atoms with Crippen LogP contribution in [0.4, 0.5) is 13.2 Å². The molecule has 0 bridgehead atoms. The molecule has 2 aliphatic rings. The molecule has 1 aromatic carbocycles. The van der Waals surface area contributed by atoms with Gasteiger partial charge < -0.3 is 11.1 Å². The Kier molecular flexibility index (Phi) is 5.54. The molecule has 3 N–H and O–H groups in total. The fourth-order valence-corrected chi connectivity index (χ4v) is 5.18. The summed E-state index contributed by atoms with van der Waals surface area (Å²) < 4.78 is 43.4. The fraction of sp³-hybridized carbons (Fsp3) is 0.650. The Morgan fingerprint density at radius 2 is 1.89 bits per heavy atom. The smallest absolute Gasteiger partial charge is 0.368 e. The minimum absolute atomic E-state index is 0.0509. The minimum Gasteiger partial charge on any atom is -0.368 e. The van der Waals surface area contributed by atoms with E-state index in [1.165, 1.54) is 18.7 Å². The molecule has 1 heterocycles. The molecule has 0 aromatic heterocycles. The number of hydrogen-bond acceptors (Lipinski definition) is 3. The third-order valence-electron chi connectivity index (χ3n) is 6.41. The largest absolute Gasteiger partial charge is 0.416 e. The van der Waals surface area contributed by atoms with Crippen LogP contribution in [0.3, 0.4) is 0 Å². The van der Waals surface area contributed by atoms with Crippen LogP contribution in [-0.4, -0.2) is 41.7 Å². The molecule has 0 radical (unpaired) electrons. The van der Waals surface area contributed by atoms with Crippen molar-refractivity contribution in [1.82, 2.24) is 10.2 Å². The van der Waals surface area contributed by atoms with Crippen LogP contribution in [0.15, 0.2) is 30.3 Å². The number of fused-ring (bicyclic) bond motifs is 1. The van der Waals surface area contributed by atoms with Crippen LogP contribution in [0.2, 0.25) is 0 Å². The lowest BCUT2D eigenvalue weighted by Gasteiger charge is -2.49. The van der Waals surface area contributed by atoms with Crippen LogP contribution < -0.4 is 11.1 Å². The summed E-state index contributed by atoms with van der Waals surface area (Å²) in [4.78, 5) is 13.8. The van der Waals surface area contributed by atoms with Crippen LogP contribution in [0.5, 0.6) is 0 Å². The van der Waals surface area contributed by atoms with Crippen LogP contribution in [0.25, 0.3) is 0 Å². The molecule has 3 rings (SSSR count). The van der Waals surface area contributed by atoms with E-state index in [-0.39, 0.29) is 18.5 Å². The minimum atomic E-state index is -4.76. The molecule has 1 saturated heterocycles. The quantitative estimate of drug-likeness (QED) is 0.794. The second kappa shape index (κ2) is 7.43. The van der Waals surface area contributed by atoms with Crippen molar-refractivity contribution in [3.8, 4) is 0 Å². The van der Waals surface area contributed by atoms with Gasteiger partial charge in [0.1, 0.15) is 0 Å². The van der Waals surface area contributed by atoms with Crippen molar-refractivity contribution >= 4 is 5.91 Å². The van der Waals surface area contributed by atoms with Gasteiger partial charge >= 0.3 is 6.18 Å². The lowest BCUT2D eigenvalue weighted by molar-refractivity contribution is -0.249. The first-order chi connectivity index (χ1) is 12.7. The summed E-state index contributed by atoms with van der Waals surface area (Å²) in [6.07, 6.45) is -3.23. The fourth-order valence-electron chi connectivity index (χ4n) is 5.18. The van der Waals surface area contributed by atoms with E-state index >= 15 is 0 Å². The lowest BCUT2D eigenvalue weighted by Crippen LogP contribution is -2.71. The average Bonchev–Trinajstić information content (AvgIpc) is 3.16. The van der Waals surface area contributed by atoms with Gasteiger partial charge in [-0.3, -0.25) is 9.69 Å². The standard InChI is InChI=1S/C20H28F3N3O/c1-13(2)19(18(24)27,20(21,22)23)26(12-14-6-4-3-5-7-14)17-9-8-15-10-25-11-16(15)17/h3-7,13,15-17,25H,8-12H2,1-2H3,(H2,24,27)/t15?,16?,17?,19-/m0/s1. The molecule has 1 aromatic rings. The highest BCUT2D eigenvalue weighted by Crippen LogP contribution is 2.48. The molecule has 7 heteroatoms. The van der Waals surface area contributed by atoms with E-state index in [0.29, 0.717) is 18.9 Å². The molecule has 1 aliphatic heterocycles. The molecule has 1 saturated carbocycles. The summed E-state index contributed by atoms with van der Waals surface area (Å²) in [6.45, 7) is 4.45. The third-order valence-corrected chi connectivity index (χ3v) is 6.41. The van der Waals surface area contributed by atoms with Crippen molar-refractivity contribution in [2.75, 3.05) is 13.1 Å². The highest BCUT2D eigenvalue weighted by atomic mass is 19.4. The van der Waals surface area contributed by atoms with E-state index in [1.54, 1.807) is 24.3 Å². The van der Waals surface area contributed by atoms with Gasteiger partial charge in [-0.1, -0.05) is 44.2 Å². The van der Waals surface area contributed by atoms with Gasteiger partial charge in [0.05, 0.1) is 0 Å². The second-order valence-electron chi connectivity index (χ2n) is 8.12. The maximum absolute atomic E-state index is 14.5. The van der Waals surface area contributed by atoms with Crippen LogP contribution in [-0.2, 0) is 11.3 Å².